The van der Waals surface area contributed by atoms with Crippen LogP contribution in [0.4, 0.5) is 18.9 Å². The van der Waals surface area contributed by atoms with Crippen molar-refractivity contribution in [2.75, 3.05) is 18.8 Å². The van der Waals surface area contributed by atoms with Gasteiger partial charge in [-0.2, -0.15) is 17.5 Å². The second-order valence-electron chi connectivity index (χ2n) is 4.38. The molecule has 0 saturated heterocycles. The molecule has 1 aliphatic heterocycles. The topological polar surface area (TPSA) is 63.4 Å². The highest BCUT2D eigenvalue weighted by Crippen LogP contribution is 2.32. The number of hydrogen-bond acceptors (Lipinski definition) is 3. The molecule has 110 valence electrons. The molecule has 1 heterocycles. The van der Waals surface area contributed by atoms with Crippen molar-refractivity contribution in [2.45, 2.75) is 17.5 Å². The number of sulfonamides is 1. The minimum atomic E-state index is -4.40. The lowest BCUT2D eigenvalue weighted by Crippen LogP contribution is -2.37. The Hall–Kier alpha value is -1.54. The van der Waals surface area contributed by atoms with Crippen LogP contribution in [0.2, 0.25) is 0 Å². The molecule has 1 aliphatic rings. The molecule has 2 N–H and O–H groups in total. The normalized spacial score (nSPS) is 17.9. The summed E-state index contributed by atoms with van der Waals surface area (Å²) in [6.45, 7) is -0.506. The molecule has 0 fully saturated rings. The van der Waals surface area contributed by atoms with Crippen molar-refractivity contribution in [1.29, 1.82) is 0 Å². The van der Waals surface area contributed by atoms with E-state index in [1.807, 2.05) is 0 Å². The molecule has 0 aromatic heterocycles. The van der Waals surface area contributed by atoms with Gasteiger partial charge < -0.3 is 5.73 Å². The zero-order chi connectivity index (χ0) is 15.0. The standard InChI is InChI=1S/C12H13F3N2O2S/c13-12(14,15)9-5-7-17(8-6-9)20(18,19)11-4-2-1-3-10(11)16/h1-5H,6-8,16H2. The minimum absolute atomic E-state index is 0.0798. The average Bonchev–Trinajstić information content (AvgIpc) is 2.38. The van der Waals surface area contributed by atoms with Crippen molar-refractivity contribution < 1.29 is 21.6 Å². The van der Waals surface area contributed by atoms with Gasteiger partial charge in [-0.3, -0.25) is 0 Å². The van der Waals surface area contributed by atoms with Gasteiger partial charge in [-0.15, -0.1) is 0 Å². The smallest absolute Gasteiger partial charge is 0.398 e. The molecule has 20 heavy (non-hydrogen) atoms. The van der Waals surface area contributed by atoms with Gasteiger partial charge in [-0.05, 0) is 18.6 Å². The van der Waals surface area contributed by atoms with E-state index >= 15 is 0 Å². The number of alkyl halides is 3. The second-order valence-corrected chi connectivity index (χ2v) is 6.28. The number of halogens is 3. The van der Waals surface area contributed by atoms with Gasteiger partial charge in [0, 0.05) is 18.7 Å². The van der Waals surface area contributed by atoms with Crippen molar-refractivity contribution in [3.05, 3.63) is 35.9 Å². The molecular weight excluding hydrogens is 293 g/mol. The molecule has 0 atom stereocenters. The molecule has 0 radical (unpaired) electrons. The van der Waals surface area contributed by atoms with E-state index in [2.05, 4.69) is 0 Å². The number of anilines is 1. The summed E-state index contributed by atoms with van der Waals surface area (Å²) >= 11 is 0. The maximum Gasteiger partial charge on any atom is 0.412 e. The van der Waals surface area contributed by atoms with Crippen LogP contribution in [0.5, 0.6) is 0 Å². The van der Waals surface area contributed by atoms with Gasteiger partial charge in [0.05, 0.1) is 5.69 Å². The van der Waals surface area contributed by atoms with E-state index in [1.165, 1.54) is 18.2 Å². The third-order valence-corrected chi connectivity index (χ3v) is 5.01. The van der Waals surface area contributed by atoms with E-state index in [0.29, 0.717) is 0 Å². The van der Waals surface area contributed by atoms with E-state index in [9.17, 15) is 21.6 Å². The van der Waals surface area contributed by atoms with Crippen LogP contribution in [-0.4, -0.2) is 32.0 Å². The fraction of sp³-hybridized carbons (Fsp3) is 0.333. The van der Waals surface area contributed by atoms with Crippen LogP contribution in [0.15, 0.2) is 40.8 Å². The molecule has 1 aromatic rings. The molecule has 2 rings (SSSR count). The lowest BCUT2D eigenvalue weighted by atomic mass is 10.1. The Morgan fingerprint density at radius 1 is 1.20 bits per heavy atom. The van der Waals surface area contributed by atoms with Crippen molar-refractivity contribution in [3.63, 3.8) is 0 Å². The first-order valence-corrected chi connectivity index (χ1v) is 7.28. The number of rotatable bonds is 2. The Labute approximate surface area is 114 Å². The summed E-state index contributed by atoms with van der Waals surface area (Å²) in [5.41, 5.74) is 5.00. The number of nitrogens with zero attached hydrogens (tertiary/aromatic N) is 1. The summed E-state index contributed by atoms with van der Waals surface area (Å²) in [6.07, 6.45) is -3.85. The number of nitrogen functional groups attached to an aromatic ring is 1. The van der Waals surface area contributed by atoms with Crippen molar-refractivity contribution in [3.8, 4) is 0 Å². The highest BCUT2D eigenvalue weighted by Gasteiger charge is 2.37. The molecule has 4 nitrogen and oxygen atoms in total. The highest BCUT2D eigenvalue weighted by atomic mass is 32.2. The fourth-order valence-electron chi connectivity index (χ4n) is 1.98. The molecular formula is C12H13F3N2O2S. The largest absolute Gasteiger partial charge is 0.412 e. The predicted octanol–water partition coefficient (Wildman–Crippen LogP) is 2.15. The van der Waals surface area contributed by atoms with Gasteiger partial charge >= 0.3 is 6.18 Å². The number of hydrogen-bond donors (Lipinski definition) is 1. The summed E-state index contributed by atoms with van der Waals surface area (Å²) < 4.78 is 63.1. The summed E-state index contributed by atoms with van der Waals surface area (Å²) in [5, 5.41) is 0. The third kappa shape index (κ3) is 2.80. The van der Waals surface area contributed by atoms with Gasteiger partial charge in [0.25, 0.3) is 0 Å². The van der Waals surface area contributed by atoms with Gasteiger partial charge in [0.1, 0.15) is 4.90 Å². The van der Waals surface area contributed by atoms with Crippen LogP contribution in [0.25, 0.3) is 0 Å². The highest BCUT2D eigenvalue weighted by molar-refractivity contribution is 7.89. The Bertz CT molecular complexity index is 638. The molecule has 0 saturated carbocycles. The zero-order valence-electron chi connectivity index (χ0n) is 10.4. The van der Waals surface area contributed by atoms with Gasteiger partial charge in [0.15, 0.2) is 0 Å². The molecule has 1 aromatic carbocycles. The van der Waals surface area contributed by atoms with Crippen molar-refractivity contribution >= 4 is 15.7 Å². The minimum Gasteiger partial charge on any atom is -0.398 e. The second kappa shape index (κ2) is 5.10. The third-order valence-electron chi connectivity index (χ3n) is 3.07. The molecule has 0 spiro atoms. The predicted molar refractivity (Wildman–Crippen MR) is 68.4 cm³/mol. The van der Waals surface area contributed by atoms with Crippen LogP contribution >= 0.6 is 0 Å². The lowest BCUT2D eigenvalue weighted by molar-refractivity contribution is -0.0953. The van der Waals surface area contributed by atoms with E-state index in [1.54, 1.807) is 6.07 Å². The SMILES string of the molecule is Nc1ccccc1S(=O)(=O)N1CC=C(C(F)(F)F)CC1. The fourth-order valence-corrected chi connectivity index (χ4v) is 3.48. The van der Waals surface area contributed by atoms with Crippen LogP contribution in [0, 0.1) is 0 Å². The van der Waals surface area contributed by atoms with Crippen LogP contribution in [0.1, 0.15) is 6.42 Å². The van der Waals surface area contributed by atoms with Gasteiger partial charge in [0.2, 0.25) is 10.0 Å². The summed E-state index contributed by atoms with van der Waals surface area (Å²) in [4.78, 5) is -0.0798. The monoisotopic (exact) mass is 306 g/mol. The lowest BCUT2D eigenvalue weighted by Gasteiger charge is -2.27. The van der Waals surface area contributed by atoms with Crippen LogP contribution in [0.3, 0.4) is 0 Å². The Morgan fingerprint density at radius 2 is 1.85 bits per heavy atom. The van der Waals surface area contributed by atoms with Crippen molar-refractivity contribution in [2.24, 2.45) is 0 Å². The summed E-state index contributed by atoms with van der Waals surface area (Å²) in [7, 11) is -3.87. The molecule has 0 unspecified atom stereocenters. The summed E-state index contributed by atoms with van der Waals surface area (Å²) in [6, 6.07) is 5.89. The molecule has 8 heteroatoms. The van der Waals surface area contributed by atoms with Gasteiger partial charge in [-0.1, -0.05) is 18.2 Å². The first-order chi connectivity index (χ1) is 9.23. The number of nitrogens with two attached hydrogens (primary N) is 1. The number of para-hydroxylation sites is 1. The van der Waals surface area contributed by atoms with E-state index in [4.69, 9.17) is 5.73 Å². The average molecular weight is 306 g/mol. The first kappa shape index (κ1) is 14.9. The Kier molecular flexibility index (Phi) is 3.79. The maximum absolute atomic E-state index is 12.5. The maximum atomic E-state index is 12.5. The first-order valence-electron chi connectivity index (χ1n) is 5.84. The van der Waals surface area contributed by atoms with E-state index in [-0.39, 0.29) is 30.1 Å². The van der Waals surface area contributed by atoms with Crippen LogP contribution in [-0.2, 0) is 10.0 Å². The van der Waals surface area contributed by atoms with Gasteiger partial charge in [-0.25, -0.2) is 8.42 Å². The Morgan fingerprint density at radius 3 is 2.35 bits per heavy atom. The van der Waals surface area contributed by atoms with E-state index in [0.717, 1.165) is 10.4 Å². The number of benzene rings is 1. The molecule has 0 amide bonds. The zero-order valence-corrected chi connectivity index (χ0v) is 11.2. The van der Waals surface area contributed by atoms with Crippen molar-refractivity contribution in [1.82, 2.24) is 4.31 Å². The molecule has 0 bridgehead atoms. The quantitative estimate of drug-likeness (QED) is 0.672. The Balaban J connectivity index is 2.27. The summed E-state index contributed by atoms with van der Waals surface area (Å²) in [5.74, 6) is 0. The molecule has 0 aliphatic carbocycles. The van der Waals surface area contributed by atoms with Crippen LogP contribution < -0.4 is 5.73 Å². The van der Waals surface area contributed by atoms with E-state index < -0.39 is 21.8 Å².